The predicted octanol–water partition coefficient (Wildman–Crippen LogP) is 3.70. The van der Waals surface area contributed by atoms with Gasteiger partial charge in [0.05, 0.1) is 14.2 Å². The first kappa shape index (κ1) is 18.4. The first-order chi connectivity index (χ1) is 12.2. The molecule has 0 fully saturated rings. The van der Waals surface area contributed by atoms with Crippen molar-refractivity contribution < 1.29 is 23.7 Å². The van der Waals surface area contributed by atoms with Crippen LogP contribution in [-0.2, 0) is 6.42 Å². The number of rotatable bonds is 10. The molecule has 0 aliphatic rings. The Kier molecular flexibility index (Phi) is 6.89. The Bertz CT molecular complexity index is 724. The van der Waals surface area contributed by atoms with E-state index in [2.05, 4.69) is 6.58 Å². The molecule has 25 heavy (non-hydrogen) atoms. The lowest BCUT2D eigenvalue weighted by atomic mass is 10.1. The van der Waals surface area contributed by atoms with E-state index in [1.165, 1.54) is 0 Å². The molecule has 0 aliphatic carbocycles. The van der Waals surface area contributed by atoms with Crippen LogP contribution in [0.3, 0.4) is 0 Å². The number of aldehydes is 1. The maximum Gasteiger partial charge on any atom is 0.162 e. The normalized spacial score (nSPS) is 10.0. The van der Waals surface area contributed by atoms with Crippen molar-refractivity contribution in [1.29, 1.82) is 0 Å². The summed E-state index contributed by atoms with van der Waals surface area (Å²) in [7, 11) is 3.15. The van der Waals surface area contributed by atoms with Gasteiger partial charge in [0.1, 0.15) is 19.5 Å². The lowest BCUT2D eigenvalue weighted by Crippen LogP contribution is -2.10. The molecule has 0 unspecified atom stereocenters. The van der Waals surface area contributed by atoms with E-state index >= 15 is 0 Å². The van der Waals surface area contributed by atoms with Gasteiger partial charge in [-0.2, -0.15) is 0 Å². The summed E-state index contributed by atoms with van der Waals surface area (Å²) in [6.45, 7) is 4.36. The minimum atomic E-state index is 0.302. The van der Waals surface area contributed by atoms with Gasteiger partial charge in [-0.15, -0.1) is 6.58 Å². The molecule has 2 aromatic carbocycles. The molecule has 0 aliphatic heterocycles. The number of hydrogen-bond acceptors (Lipinski definition) is 5. The summed E-state index contributed by atoms with van der Waals surface area (Å²) in [5.41, 5.74) is 1.63. The average Bonchev–Trinajstić information content (AvgIpc) is 2.65. The molecule has 0 atom stereocenters. The molecule has 0 heterocycles. The molecule has 0 N–H and O–H groups in total. The molecule has 5 heteroatoms. The second kappa shape index (κ2) is 9.37. The standard InChI is InChI=1S/C20H22O5/c1-4-5-15-6-9-18(19(12-15)23-3)24-10-11-25-20-13-16(14-21)7-8-17(20)22-2/h4,6-9,12-14H,1,5,10-11H2,2-3H3. The third-order valence-corrected chi connectivity index (χ3v) is 3.53. The van der Waals surface area contributed by atoms with Crippen LogP contribution in [0.15, 0.2) is 49.1 Å². The second-order valence-electron chi connectivity index (χ2n) is 5.20. The summed E-state index contributed by atoms with van der Waals surface area (Å²) >= 11 is 0. The molecule has 0 bridgehead atoms. The van der Waals surface area contributed by atoms with Crippen molar-refractivity contribution in [2.75, 3.05) is 27.4 Å². The highest BCUT2D eigenvalue weighted by Crippen LogP contribution is 2.29. The summed E-state index contributed by atoms with van der Waals surface area (Å²) in [6, 6.07) is 10.8. The first-order valence-corrected chi connectivity index (χ1v) is 7.88. The minimum absolute atomic E-state index is 0.302. The van der Waals surface area contributed by atoms with Gasteiger partial charge in [-0.3, -0.25) is 4.79 Å². The fourth-order valence-electron chi connectivity index (χ4n) is 2.31. The zero-order valence-electron chi connectivity index (χ0n) is 14.5. The molecule has 0 amide bonds. The van der Waals surface area contributed by atoms with Crippen molar-refractivity contribution in [3.05, 3.63) is 60.2 Å². The van der Waals surface area contributed by atoms with E-state index in [1.54, 1.807) is 32.4 Å². The minimum Gasteiger partial charge on any atom is -0.493 e. The van der Waals surface area contributed by atoms with Crippen LogP contribution >= 0.6 is 0 Å². The summed E-state index contributed by atoms with van der Waals surface area (Å²) in [5.74, 6) is 2.38. The largest absolute Gasteiger partial charge is 0.493 e. The highest BCUT2D eigenvalue weighted by Gasteiger charge is 2.08. The summed E-state index contributed by atoms with van der Waals surface area (Å²) in [5, 5.41) is 0. The number of methoxy groups -OCH3 is 2. The number of ether oxygens (including phenoxy) is 4. The van der Waals surface area contributed by atoms with Gasteiger partial charge >= 0.3 is 0 Å². The van der Waals surface area contributed by atoms with Crippen LogP contribution in [0, 0.1) is 0 Å². The van der Waals surface area contributed by atoms with Crippen molar-refractivity contribution in [1.82, 2.24) is 0 Å². The Labute approximate surface area is 147 Å². The molecule has 2 aromatic rings. The number of allylic oxidation sites excluding steroid dienone is 1. The van der Waals surface area contributed by atoms with E-state index in [0.29, 0.717) is 41.8 Å². The quantitative estimate of drug-likeness (QED) is 0.374. The maximum absolute atomic E-state index is 10.9. The van der Waals surface area contributed by atoms with Crippen LogP contribution < -0.4 is 18.9 Å². The predicted molar refractivity (Wildman–Crippen MR) is 96.3 cm³/mol. The molecular weight excluding hydrogens is 320 g/mol. The number of carbonyl (C=O) groups excluding carboxylic acids is 1. The van der Waals surface area contributed by atoms with Crippen LogP contribution in [0.5, 0.6) is 23.0 Å². The van der Waals surface area contributed by atoms with Gasteiger partial charge in [0.25, 0.3) is 0 Å². The van der Waals surface area contributed by atoms with Crippen LogP contribution in [-0.4, -0.2) is 33.7 Å². The number of hydrogen-bond donors (Lipinski definition) is 0. The molecule has 0 saturated carbocycles. The lowest BCUT2D eigenvalue weighted by Gasteiger charge is -2.14. The van der Waals surface area contributed by atoms with Gasteiger partial charge in [-0.25, -0.2) is 0 Å². The number of carbonyl (C=O) groups is 1. The monoisotopic (exact) mass is 342 g/mol. The van der Waals surface area contributed by atoms with Gasteiger partial charge in [-0.1, -0.05) is 12.1 Å². The van der Waals surface area contributed by atoms with Gasteiger partial charge in [0.2, 0.25) is 0 Å². The smallest absolute Gasteiger partial charge is 0.162 e. The third kappa shape index (κ3) is 5.01. The van der Waals surface area contributed by atoms with E-state index in [4.69, 9.17) is 18.9 Å². The van der Waals surface area contributed by atoms with Crippen LogP contribution in [0.2, 0.25) is 0 Å². The van der Waals surface area contributed by atoms with Crippen LogP contribution in [0.1, 0.15) is 15.9 Å². The van der Waals surface area contributed by atoms with E-state index < -0.39 is 0 Å². The summed E-state index contributed by atoms with van der Waals surface area (Å²) < 4.78 is 22.0. The van der Waals surface area contributed by atoms with Crippen molar-refractivity contribution in [3.63, 3.8) is 0 Å². The molecule has 0 aromatic heterocycles. The van der Waals surface area contributed by atoms with Gasteiger partial charge < -0.3 is 18.9 Å². The molecule has 132 valence electrons. The Morgan fingerprint density at radius 3 is 2.20 bits per heavy atom. The molecule has 0 radical (unpaired) electrons. The fraction of sp³-hybridized carbons (Fsp3) is 0.250. The van der Waals surface area contributed by atoms with Crippen molar-refractivity contribution in [2.45, 2.75) is 6.42 Å². The van der Waals surface area contributed by atoms with Crippen molar-refractivity contribution >= 4 is 6.29 Å². The third-order valence-electron chi connectivity index (χ3n) is 3.53. The molecule has 0 spiro atoms. The van der Waals surface area contributed by atoms with E-state index in [1.807, 2.05) is 24.3 Å². The highest BCUT2D eigenvalue weighted by atomic mass is 16.5. The second-order valence-corrected chi connectivity index (χ2v) is 5.20. The molecular formula is C20H22O5. The van der Waals surface area contributed by atoms with Gasteiger partial charge in [0.15, 0.2) is 23.0 Å². The van der Waals surface area contributed by atoms with Gasteiger partial charge in [0, 0.05) is 5.56 Å². The average molecular weight is 342 g/mol. The zero-order chi connectivity index (χ0) is 18.1. The number of benzene rings is 2. The van der Waals surface area contributed by atoms with Crippen LogP contribution in [0.25, 0.3) is 0 Å². The zero-order valence-corrected chi connectivity index (χ0v) is 14.5. The highest BCUT2D eigenvalue weighted by molar-refractivity contribution is 5.76. The lowest BCUT2D eigenvalue weighted by molar-refractivity contribution is 0.112. The maximum atomic E-state index is 10.9. The van der Waals surface area contributed by atoms with E-state index in [9.17, 15) is 4.79 Å². The summed E-state index contributed by atoms with van der Waals surface area (Å²) in [6.07, 6.45) is 3.37. The fourth-order valence-corrected chi connectivity index (χ4v) is 2.31. The molecule has 0 saturated heterocycles. The topological polar surface area (TPSA) is 54.0 Å². The SMILES string of the molecule is C=CCc1ccc(OCCOc2cc(C=O)ccc2OC)c(OC)c1. The Morgan fingerprint density at radius 2 is 1.56 bits per heavy atom. The molecule has 5 nitrogen and oxygen atoms in total. The Hall–Kier alpha value is -2.95. The van der Waals surface area contributed by atoms with Gasteiger partial charge in [-0.05, 0) is 42.3 Å². The van der Waals surface area contributed by atoms with Crippen molar-refractivity contribution in [2.24, 2.45) is 0 Å². The van der Waals surface area contributed by atoms with Crippen LogP contribution in [0.4, 0.5) is 0 Å². The molecule has 2 rings (SSSR count). The first-order valence-electron chi connectivity index (χ1n) is 7.88. The Balaban J connectivity index is 1.95. The van der Waals surface area contributed by atoms with E-state index in [0.717, 1.165) is 18.3 Å². The Morgan fingerprint density at radius 1 is 0.880 bits per heavy atom. The van der Waals surface area contributed by atoms with Crippen molar-refractivity contribution in [3.8, 4) is 23.0 Å². The summed E-state index contributed by atoms with van der Waals surface area (Å²) in [4.78, 5) is 10.9. The van der Waals surface area contributed by atoms with E-state index in [-0.39, 0.29) is 0 Å².